The molecule has 0 aliphatic rings. The number of nitrogens with one attached hydrogen (secondary N) is 1. The van der Waals surface area contributed by atoms with Gasteiger partial charge in [-0.2, -0.15) is 0 Å². The van der Waals surface area contributed by atoms with Crippen molar-refractivity contribution >= 4 is 11.6 Å². The molecular weight excluding hydrogens is 277 g/mol. The largest absolute Gasteiger partial charge is 0.379 e. The van der Waals surface area contributed by atoms with Gasteiger partial charge in [-0.05, 0) is 51.8 Å². The van der Waals surface area contributed by atoms with Crippen molar-refractivity contribution in [3.8, 4) is 0 Å². The number of benzene rings is 1. The maximum Gasteiger partial charge on any atom is 0.127 e. The lowest BCUT2D eigenvalue weighted by Crippen LogP contribution is -2.39. The van der Waals surface area contributed by atoms with Crippen LogP contribution in [0.25, 0.3) is 0 Å². The Morgan fingerprint density at radius 2 is 2.10 bits per heavy atom. The van der Waals surface area contributed by atoms with Gasteiger partial charge in [0.15, 0.2) is 0 Å². The number of hydrogen-bond donors (Lipinski definition) is 1. The van der Waals surface area contributed by atoms with E-state index < -0.39 is 0 Å². The van der Waals surface area contributed by atoms with Crippen molar-refractivity contribution in [3.05, 3.63) is 34.6 Å². The van der Waals surface area contributed by atoms with Gasteiger partial charge in [-0.3, -0.25) is 0 Å². The molecule has 1 N–H and O–H groups in total. The van der Waals surface area contributed by atoms with Crippen LogP contribution in [0.3, 0.4) is 0 Å². The van der Waals surface area contributed by atoms with Crippen molar-refractivity contribution < 1.29 is 9.13 Å². The van der Waals surface area contributed by atoms with E-state index in [0.717, 1.165) is 19.4 Å². The Balaban J connectivity index is 2.83. The summed E-state index contributed by atoms with van der Waals surface area (Å²) in [5, 5.41) is 3.95. The highest BCUT2D eigenvalue weighted by molar-refractivity contribution is 6.31. The molecule has 0 saturated carbocycles. The second-order valence-electron chi connectivity index (χ2n) is 5.72. The van der Waals surface area contributed by atoms with Crippen LogP contribution in [0.2, 0.25) is 5.02 Å². The summed E-state index contributed by atoms with van der Waals surface area (Å²) in [6, 6.07) is 4.96. The highest BCUT2D eigenvalue weighted by atomic mass is 35.5. The first-order valence-electron chi connectivity index (χ1n) is 7.11. The summed E-state index contributed by atoms with van der Waals surface area (Å²) < 4.78 is 19.4. The van der Waals surface area contributed by atoms with Gasteiger partial charge in [-0.1, -0.05) is 24.6 Å². The smallest absolute Gasteiger partial charge is 0.127 e. The standard InChI is InChI=1S/C16H25ClFNO/c1-5-9-19-12(11-16(2,3)20-4)10-13-14(17)7-6-8-15(13)18/h6-8,12,19H,5,9-11H2,1-4H3. The Hall–Kier alpha value is -0.640. The second-order valence-corrected chi connectivity index (χ2v) is 6.13. The van der Waals surface area contributed by atoms with Gasteiger partial charge >= 0.3 is 0 Å². The van der Waals surface area contributed by atoms with Crippen molar-refractivity contribution in [2.24, 2.45) is 0 Å². The van der Waals surface area contributed by atoms with Gasteiger partial charge in [0.25, 0.3) is 0 Å². The van der Waals surface area contributed by atoms with Gasteiger partial charge in [-0.15, -0.1) is 0 Å². The van der Waals surface area contributed by atoms with E-state index in [-0.39, 0.29) is 17.5 Å². The molecule has 0 aliphatic heterocycles. The fourth-order valence-corrected chi connectivity index (χ4v) is 2.46. The zero-order valence-corrected chi connectivity index (χ0v) is 13.6. The minimum absolute atomic E-state index is 0.138. The van der Waals surface area contributed by atoms with Crippen LogP contribution in [0.15, 0.2) is 18.2 Å². The molecule has 0 aliphatic carbocycles. The first-order chi connectivity index (χ1) is 9.39. The zero-order valence-electron chi connectivity index (χ0n) is 12.8. The van der Waals surface area contributed by atoms with E-state index in [2.05, 4.69) is 12.2 Å². The predicted octanol–water partition coefficient (Wildman–Crippen LogP) is 4.20. The fraction of sp³-hybridized carbons (Fsp3) is 0.625. The lowest BCUT2D eigenvalue weighted by molar-refractivity contribution is 0.00708. The normalized spacial score (nSPS) is 13.5. The molecule has 0 radical (unpaired) electrons. The van der Waals surface area contributed by atoms with Crippen LogP contribution in [0.5, 0.6) is 0 Å². The molecule has 0 saturated heterocycles. The van der Waals surface area contributed by atoms with Crippen molar-refractivity contribution in [1.82, 2.24) is 5.32 Å². The third kappa shape index (κ3) is 5.39. The highest BCUT2D eigenvalue weighted by Gasteiger charge is 2.24. The lowest BCUT2D eigenvalue weighted by Gasteiger charge is -2.29. The van der Waals surface area contributed by atoms with E-state index in [9.17, 15) is 4.39 Å². The molecule has 1 unspecified atom stereocenters. The van der Waals surface area contributed by atoms with Crippen molar-refractivity contribution in [3.63, 3.8) is 0 Å². The quantitative estimate of drug-likeness (QED) is 0.777. The zero-order chi connectivity index (χ0) is 15.2. The Kier molecular flexibility index (Phi) is 6.93. The molecule has 2 nitrogen and oxygen atoms in total. The molecule has 114 valence electrons. The third-order valence-electron chi connectivity index (χ3n) is 3.49. The Labute approximate surface area is 126 Å². The Morgan fingerprint density at radius 3 is 2.65 bits per heavy atom. The lowest BCUT2D eigenvalue weighted by atomic mass is 9.93. The van der Waals surface area contributed by atoms with Gasteiger partial charge in [0, 0.05) is 23.7 Å². The summed E-state index contributed by atoms with van der Waals surface area (Å²) in [7, 11) is 1.70. The molecule has 1 atom stereocenters. The minimum Gasteiger partial charge on any atom is -0.379 e. The average Bonchev–Trinajstić information content (AvgIpc) is 2.40. The van der Waals surface area contributed by atoms with Gasteiger partial charge in [-0.25, -0.2) is 4.39 Å². The number of hydrogen-bond acceptors (Lipinski definition) is 2. The van der Waals surface area contributed by atoms with E-state index in [1.165, 1.54) is 6.07 Å². The average molecular weight is 302 g/mol. The maximum atomic E-state index is 13.9. The van der Waals surface area contributed by atoms with Crippen LogP contribution in [0.1, 0.15) is 39.2 Å². The summed E-state index contributed by atoms with van der Waals surface area (Å²) in [5.74, 6) is -0.240. The monoisotopic (exact) mass is 301 g/mol. The first-order valence-corrected chi connectivity index (χ1v) is 7.49. The fourth-order valence-electron chi connectivity index (χ4n) is 2.22. The maximum absolute atomic E-state index is 13.9. The summed E-state index contributed by atoms with van der Waals surface area (Å²) in [6.07, 6.45) is 2.40. The van der Waals surface area contributed by atoms with E-state index >= 15 is 0 Å². The Morgan fingerprint density at radius 1 is 1.40 bits per heavy atom. The number of methoxy groups -OCH3 is 1. The molecule has 20 heavy (non-hydrogen) atoms. The van der Waals surface area contributed by atoms with E-state index in [1.54, 1.807) is 19.2 Å². The number of halogens is 2. The topological polar surface area (TPSA) is 21.3 Å². The molecule has 0 bridgehead atoms. The molecular formula is C16H25ClFNO. The number of ether oxygens (including phenoxy) is 1. The summed E-state index contributed by atoms with van der Waals surface area (Å²) in [6.45, 7) is 7.09. The first kappa shape index (κ1) is 17.4. The van der Waals surface area contributed by atoms with Crippen molar-refractivity contribution in [2.75, 3.05) is 13.7 Å². The molecule has 0 spiro atoms. The molecule has 0 fully saturated rings. The van der Waals surface area contributed by atoms with Crippen LogP contribution >= 0.6 is 11.6 Å². The predicted molar refractivity (Wildman–Crippen MR) is 82.9 cm³/mol. The molecule has 1 aromatic rings. The van der Waals surface area contributed by atoms with Crippen LogP contribution in [-0.2, 0) is 11.2 Å². The van der Waals surface area contributed by atoms with Gasteiger partial charge < -0.3 is 10.1 Å². The molecule has 0 amide bonds. The van der Waals surface area contributed by atoms with Crippen LogP contribution in [0.4, 0.5) is 4.39 Å². The van der Waals surface area contributed by atoms with E-state index in [4.69, 9.17) is 16.3 Å². The molecule has 0 aromatic heterocycles. The highest BCUT2D eigenvalue weighted by Crippen LogP contribution is 2.24. The van der Waals surface area contributed by atoms with Crippen LogP contribution < -0.4 is 5.32 Å². The molecule has 0 heterocycles. The van der Waals surface area contributed by atoms with E-state index in [0.29, 0.717) is 17.0 Å². The van der Waals surface area contributed by atoms with Gasteiger partial charge in [0.2, 0.25) is 0 Å². The van der Waals surface area contributed by atoms with E-state index in [1.807, 2.05) is 13.8 Å². The summed E-state index contributed by atoms with van der Waals surface area (Å²) in [5.41, 5.74) is 0.332. The second kappa shape index (κ2) is 7.96. The van der Waals surface area contributed by atoms with Crippen LogP contribution in [0, 0.1) is 5.82 Å². The van der Waals surface area contributed by atoms with Crippen LogP contribution in [-0.4, -0.2) is 25.3 Å². The SMILES string of the molecule is CCCNC(Cc1c(F)cccc1Cl)CC(C)(C)OC. The summed E-state index contributed by atoms with van der Waals surface area (Å²) >= 11 is 6.11. The number of rotatable bonds is 8. The van der Waals surface area contributed by atoms with Gasteiger partial charge in [0.1, 0.15) is 5.82 Å². The molecule has 1 aromatic carbocycles. The molecule has 1 rings (SSSR count). The molecule has 4 heteroatoms. The van der Waals surface area contributed by atoms with Crippen molar-refractivity contribution in [2.45, 2.75) is 51.7 Å². The van der Waals surface area contributed by atoms with Crippen molar-refractivity contribution in [1.29, 1.82) is 0 Å². The third-order valence-corrected chi connectivity index (χ3v) is 3.84. The Bertz CT molecular complexity index is 403. The van der Waals surface area contributed by atoms with Gasteiger partial charge in [0.05, 0.1) is 5.60 Å². The summed E-state index contributed by atoms with van der Waals surface area (Å²) in [4.78, 5) is 0. The minimum atomic E-state index is -0.247.